The van der Waals surface area contributed by atoms with Gasteiger partial charge in [-0.1, -0.05) is 13.0 Å². The maximum atomic E-state index is 15.9. The molecule has 0 amide bonds. The number of carboxylic acid groups (broad SMARTS) is 1. The lowest BCUT2D eigenvalue weighted by atomic mass is 10.00. The summed E-state index contributed by atoms with van der Waals surface area (Å²) in [7, 11) is 1.52. The van der Waals surface area contributed by atoms with E-state index in [1.165, 1.54) is 19.5 Å². The zero-order chi connectivity index (χ0) is 30.8. The Bertz CT molecular complexity index is 1640. The van der Waals surface area contributed by atoms with Gasteiger partial charge >= 0.3 is 5.69 Å². The number of amidine groups is 1. The molecule has 0 aliphatic rings. The molecule has 2 aromatic carbocycles. The van der Waals surface area contributed by atoms with Crippen LogP contribution in [0.3, 0.4) is 0 Å². The number of nitrogen functional groups attached to an aromatic ring is 1. The number of halogens is 1. The number of aliphatic carboxylic acids is 1. The quantitative estimate of drug-likeness (QED) is 0.0858. The van der Waals surface area contributed by atoms with Crippen LogP contribution < -0.4 is 27.0 Å². The summed E-state index contributed by atoms with van der Waals surface area (Å²) in [6.45, 7) is 3.41. The van der Waals surface area contributed by atoms with Crippen LogP contribution in [0.1, 0.15) is 42.4 Å². The lowest BCUT2D eigenvalue weighted by Gasteiger charge is -2.21. The molecule has 2 aromatic heterocycles. The van der Waals surface area contributed by atoms with Gasteiger partial charge in [-0.05, 0) is 42.3 Å². The number of aromatic amines is 2. The van der Waals surface area contributed by atoms with E-state index in [0.29, 0.717) is 17.7 Å². The average Bonchev–Trinajstić information content (AvgIpc) is 3.34. The van der Waals surface area contributed by atoms with Crippen LogP contribution in [0.5, 0.6) is 5.75 Å². The normalized spacial score (nSPS) is 11.2. The lowest BCUT2D eigenvalue weighted by molar-refractivity contribution is -0.134. The molecule has 222 valence electrons. The molecule has 1 unspecified atom stereocenters. The largest absolute Gasteiger partial charge is 0.488 e. The molecular formula is C27H31FN8O6. The van der Waals surface area contributed by atoms with Gasteiger partial charge in [0, 0.05) is 43.2 Å². The Hall–Kier alpha value is -5.31. The summed E-state index contributed by atoms with van der Waals surface area (Å²) in [4.78, 5) is 43.1. The van der Waals surface area contributed by atoms with Gasteiger partial charge in [-0.3, -0.25) is 20.0 Å². The van der Waals surface area contributed by atoms with Gasteiger partial charge in [0.25, 0.3) is 11.5 Å². The highest BCUT2D eigenvalue weighted by Crippen LogP contribution is 2.32. The Morgan fingerprint density at radius 1 is 1.24 bits per heavy atom. The van der Waals surface area contributed by atoms with Gasteiger partial charge in [-0.25, -0.2) is 14.2 Å². The van der Waals surface area contributed by atoms with E-state index < -0.39 is 29.1 Å². The minimum atomic E-state index is -1.01. The Morgan fingerprint density at radius 3 is 2.52 bits per heavy atom. The standard InChI is InChI=1S/C25H27FN8O4.C2H4O2/c1-3-14-12-17(19(26)18(13-14)38-11-10-37-2)20(31-16-6-4-15(5-7-16)21(27)28)22-32-25(36)34(33-22)23-24(35)30-9-8-29-23;1-2(3)4/h4-9,12-13,20,31H,3,10-11H2,1-2H3,(H3,27,28)(H,30,35)(H,32,33,36);1H3,(H,3,4). The number of carboxylic acids is 1. The first-order valence-corrected chi connectivity index (χ1v) is 12.6. The molecule has 0 saturated heterocycles. The van der Waals surface area contributed by atoms with Gasteiger partial charge < -0.3 is 30.6 Å². The Labute approximate surface area is 238 Å². The molecule has 14 nitrogen and oxygen atoms in total. The van der Waals surface area contributed by atoms with Crippen molar-refractivity contribution in [2.45, 2.75) is 26.3 Å². The van der Waals surface area contributed by atoms with E-state index in [1.807, 2.05) is 6.92 Å². The molecule has 0 aliphatic carbocycles. The summed E-state index contributed by atoms with van der Waals surface area (Å²) < 4.78 is 27.3. The molecule has 15 heteroatoms. The number of carbonyl (C=O) groups is 1. The van der Waals surface area contributed by atoms with E-state index in [1.54, 1.807) is 36.4 Å². The number of anilines is 1. The number of benzene rings is 2. The third-order valence-corrected chi connectivity index (χ3v) is 5.70. The number of ether oxygens (including phenoxy) is 2. The van der Waals surface area contributed by atoms with Gasteiger partial charge in [0.15, 0.2) is 17.4 Å². The van der Waals surface area contributed by atoms with Gasteiger partial charge in [-0.2, -0.15) is 4.68 Å². The van der Waals surface area contributed by atoms with Crippen molar-refractivity contribution in [3.8, 4) is 11.6 Å². The van der Waals surface area contributed by atoms with Crippen LogP contribution >= 0.6 is 0 Å². The Morgan fingerprint density at radius 2 is 1.93 bits per heavy atom. The molecule has 0 spiro atoms. The van der Waals surface area contributed by atoms with Crippen LogP contribution in [0.25, 0.3) is 5.82 Å². The molecule has 4 aromatic rings. The average molecular weight is 583 g/mol. The smallest absolute Gasteiger partial charge is 0.349 e. The molecule has 0 aliphatic heterocycles. The summed E-state index contributed by atoms with van der Waals surface area (Å²) in [5.74, 6) is -1.77. The zero-order valence-electron chi connectivity index (χ0n) is 23.1. The number of nitrogens with zero attached hydrogens (tertiary/aromatic N) is 3. The molecule has 0 saturated carbocycles. The first-order chi connectivity index (χ1) is 20.0. The fraction of sp³-hybridized carbons (Fsp3) is 0.259. The van der Waals surface area contributed by atoms with E-state index in [2.05, 4.69) is 25.4 Å². The molecule has 1 atom stereocenters. The predicted molar refractivity (Wildman–Crippen MR) is 152 cm³/mol. The summed E-state index contributed by atoms with van der Waals surface area (Å²) in [6, 6.07) is 8.86. The highest BCUT2D eigenvalue weighted by Gasteiger charge is 2.26. The summed E-state index contributed by atoms with van der Waals surface area (Å²) in [5.41, 5.74) is 6.19. The van der Waals surface area contributed by atoms with Crippen molar-refractivity contribution < 1.29 is 23.8 Å². The molecule has 42 heavy (non-hydrogen) atoms. The molecule has 0 fully saturated rings. The maximum absolute atomic E-state index is 15.9. The van der Waals surface area contributed by atoms with Crippen LogP contribution in [-0.2, 0) is 16.0 Å². The van der Waals surface area contributed by atoms with Crippen LogP contribution in [0, 0.1) is 11.2 Å². The van der Waals surface area contributed by atoms with Gasteiger partial charge in [-0.15, -0.1) is 5.10 Å². The molecule has 7 N–H and O–H groups in total. The first-order valence-electron chi connectivity index (χ1n) is 12.6. The molecule has 4 rings (SSSR count). The van der Waals surface area contributed by atoms with Crippen LogP contribution in [0.4, 0.5) is 10.1 Å². The molecule has 2 heterocycles. The minimum absolute atomic E-state index is 0.0260. The number of rotatable bonds is 11. The fourth-order valence-corrected chi connectivity index (χ4v) is 3.75. The van der Waals surface area contributed by atoms with Crippen molar-refractivity contribution in [3.05, 3.63) is 98.0 Å². The third kappa shape index (κ3) is 7.88. The summed E-state index contributed by atoms with van der Waals surface area (Å²) >= 11 is 0. The number of hydrogen-bond acceptors (Lipinski definition) is 9. The highest BCUT2D eigenvalue weighted by molar-refractivity contribution is 5.95. The SMILES string of the molecule is CC(=O)O.CCc1cc(OCCOC)c(F)c(C(Nc2ccc(C(=N)N)cc2)c2nn(-c3ncc[nH]c3=O)c(=O)[nH]2)c1. The first kappa shape index (κ1) is 31.2. The van der Waals surface area contributed by atoms with Crippen LogP contribution in [-0.4, -0.2) is 62.0 Å². The second-order valence-electron chi connectivity index (χ2n) is 8.75. The van der Waals surface area contributed by atoms with Gasteiger partial charge in [0.05, 0.1) is 6.61 Å². The van der Waals surface area contributed by atoms with Crippen molar-refractivity contribution >= 4 is 17.5 Å². The van der Waals surface area contributed by atoms with E-state index >= 15 is 4.39 Å². The second-order valence-corrected chi connectivity index (χ2v) is 8.75. The maximum Gasteiger partial charge on any atom is 0.349 e. The highest BCUT2D eigenvalue weighted by atomic mass is 19.1. The number of aryl methyl sites for hydroxylation is 1. The number of nitrogens with one attached hydrogen (secondary N) is 4. The number of hydrogen-bond donors (Lipinski definition) is 6. The Balaban J connectivity index is 0.00000114. The Kier molecular flexibility index (Phi) is 10.7. The molecular weight excluding hydrogens is 551 g/mol. The second kappa shape index (κ2) is 14.4. The summed E-state index contributed by atoms with van der Waals surface area (Å²) in [5, 5.41) is 22.5. The molecule has 0 bridgehead atoms. The summed E-state index contributed by atoms with van der Waals surface area (Å²) in [6.07, 6.45) is 3.23. The van der Waals surface area contributed by atoms with Crippen molar-refractivity contribution in [1.82, 2.24) is 24.7 Å². The van der Waals surface area contributed by atoms with E-state index in [4.69, 9.17) is 30.5 Å². The van der Waals surface area contributed by atoms with Crippen molar-refractivity contribution in [2.75, 3.05) is 25.6 Å². The van der Waals surface area contributed by atoms with Crippen molar-refractivity contribution in [2.24, 2.45) is 5.73 Å². The number of nitrogens with two attached hydrogens (primary N) is 1. The van der Waals surface area contributed by atoms with E-state index in [9.17, 15) is 9.59 Å². The van der Waals surface area contributed by atoms with Gasteiger partial charge in [0.1, 0.15) is 18.5 Å². The van der Waals surface area contributed by atoms with Gasteiger partial charge in [0.2, 0.25) is 5.82 Å². The monoisotopic (exact) mass is 582 g/mol. The number of H-pyrrole nitrogens is 2. The van der Waals surface area contributed by atoms with Crippen LogP contribution in [0.15, 0.2) is 58.4 Å². The van der Waals surface area contributed by atoms with Crippen molar-refractivity contribution in [1.29, 1.82) is 5.41 Å². The zero-order valence-corrected chi connectivity index (χ0v) is 23.1. The van der Waals surface area contributed by atoms with Crippen LogP contribution in [0.2, 0.25) is 0 Å². The third-order valence-electron chi connectivity index (χ3n) is 5.70. The molecule has 0 radical (unpaired) electrons. The van der Waals surface area contributed by atoms with E-state index in [-0.39, 0.29) is 42.0 Å². The number of methoxy groups -OCH3 is 1. The van der Waals surface area contributed by atoms with E-state index in [0.717, 1.165) is 17.2 Å². The lowest BCUT2D eigenvalue weighted by Crippen LogP contribution is -2.25. The number of aromatic nitrogens is 5. The van der Waals surface area contributed by atoms with Crippen molar-refractivity contribution in [3.63, 3.8) is 0 Å². The topological polar surface area (TPSA) is 214 Å². The minimum Gasteiger partial charge on any atom is -0.488 e. The fourth-order valence-electron chi connectivity index (χ4n) is 3.75. The predicted octanol–water partition coefficient (Wildman–Crippen LogP) is 1.95.